The van der Waals surface area contributed by atoms with E-state index in [1.165, 1.54) is 0 Å². The zero-order valence-electron chi connectivity index (χ0n) is 16.3. The highest BCUT2D eigenvalue weighted by atomic mass is 35.5. The number of aromatic nitrogens is 2. The van der Waals surface area contributed by atoms with Crippen LogP contribution < -0.4 is 10.6 Å². The molecule has 0 aliphatic carbocycles. The van der Waals surface area contributed by atoms with Crippen LogP contribution in [0.3, 0.4) is 0 Å². The quantitative estimate of drug-likeness (QED) is 0.787. The van der Waals surface area contributed by atoms with Gasteiger partial charge in [0.05, 0.1) is 12.6 Å². The fourth-order valence-electron chi connectivity index (χ4n) is 3.32. The number of halogens is 3. The van der Waals surface area contributed by atoms with E-state index in [-0.39, 0.29) is 18.4 Å². The molecule has 1 saturated heterocycles. The van der Waals surface area contributed by atoms with Crippen molar-refractivity contribution in [2.24, 2.45) is 0 Å². The third kappa shape index (κ3) is 5.19. The van der Waals surface area contributed by atoms with Gasteiger partial charge in [-0.25, -0.2) is 4.98 Å². The maximum absolute atomic E-state index is 13.2. The normalized spacial score (nSPS) is 17.8. The van der Waals surface area contributed by atoms with Gasteiger partial charge in [-0.05, 0) is 30.5 Å². The number of hydrogen-bond acceptors (Lipinski definition) is 6. The average Bonchev–Trinajstić information content (AvgIpc) is 2.86. The van der Waals surface area contributed by atoms with Crippen LogP contribution in [0.15, 0.2) is 24.3 Å². The number of nitrogens with two attached hydrogens (primary N) is 1. The number of nitrogen functional groups attached to an aromatic ring is 1. The minimum absolute atomic E-state index is 0.185. The van der Waals surface area contributed by atoms with Gasteiger partial charge in [0.2, 0.25) is 11.7 Å². The highest BCUT2D eigenvalue weighted by Gasteiger charge is 2.32. The van der Waals surface area contributed by atoms with Crippen molar-refractivity contribution >= 4 is 29.2 Å². The van der Waals surface area contributed by atoms with E-state index >= 15 is 0 Å². The lowest BCUT2D eigenvalue weighted by Crippen LogP contribution is -2.32. The molecule has 0 radical (unpaired) electrons. The van der Waals surface area contributed by atoms with Crippen molar-refractivity contribution in [3.63, 3.8) is 0 Å². The number of rotatable bonds is 5. The van der Waals surface area contributed by atoms with Crippen LogP contribution in [0.25, 0.3) is 0 Å². The summed E-state index contributed by atoms with van der Waals surface area (Å²) in [5.41, 5.74) is 7.77. The number of ketones is 1. The minimum atomic E-state index is -3.37. The molecule has 0 saturated carbocycles. The molecule has 0 bridgehead atoms. The molecule has 2 heterocycles. The third-order valence-corrected chi connectivity index (χ3v) is 5.10. The minimum Gasteiger partial charge on any atom is -0.379 e. The predicted molar refractivity (Wildman–Crippen MR) is 107 cm³/mol. The van der Waals surface area contributed by atoms with E-state index in [4.69, 9.17) is 22.1 Å². The molecule has 2 aromatic rings. The highest BCUT2D eigenvalue weighted by molar-refractivity contribution is 6.31. The predicted octanol–water partition coefficient (Wildman–Crippen LogP) is 3.76. The molecular formula is C20H23ClF2N4O2. The Morgan fingerprint density at radius 2 is 2.14 bits per heavy atom. The van der Waals surface area contributed by atoms with Gasteiger partial charge in [0.25, 0.3) is 0 Å². The van der Waals surface area contributed by atoms with Crippen molar-refractivity contribution in [3.8, 4) is 0 Å². The van der Waals surface area contributed by atoms with Gasteiger partial charge >= 0.3 is 5.92 Å². The van der Waals surface area contributed by atoms with Crippen molar-refractivity contribution in [3.05, 3.63) is 46.1 Å². The Morgan fingerprint density at radius 3 is 2.79 bits per heavy atom. The van der Waals surface area contributed by atoms with E-state index < -0.39 is 11.7 Å². The lowest BCUT2D eigenvalue weighted by Gasteiger charge is -2.31. The molecule has 29 heavy (non-hydrogen) atoms. The maximum Gasteiger partial charge on any atom is 0.302 e. The van der Waals surface area contributed by atoms with Gasteiger partial charge < -0.3 is 15.4 Å². The molecule has 3 rings (SSSR count). The van der Waals surface area contributed by atoms with Crippen molar-refractivity contribution in [1.29, 1.82) is 0 Å². The molecule has 9 heteroatoms. The second-order valence-corrected chi connectivity index (χ2v) is 7.61. The molecule has 1 unspecified atom stereocenters. The maximum atomic E-state index is 13.2. The third-order valence-electron chi connectivity index (χ3n) is 4.77. The van der Waals surface area contributed by atoms with Gasteiger partial charge in [-0.1, -0.05) is 23.7 Å². The first-order valence-electron chi connectivity index (χ1n) is 9.30. The van der Waals surface area contributed by atoms with Crippen molar-refractivity contribution in [1.82, 2.24) is 9.97 Å². The zero-order chi connectivity index (χ0) is 21.2. The van der Waals surface area contributed by atoms with Crippen molar-refractivity contribution < 1.29 is 18.3 Å². The monoisotopic (exact) mass is 424 g/mol. The molecule has 0 spiro atoms. The lowest BCUT2D eigenvalue weighted by atomic mass is 10.00. The lowest BCUT2D eigenvalue weighted by molar-refractivity contribution is -0.139. The Bertz CT molecular complexity index is 884. The Balaban J connectivity index is 1.92. The second-order valence-electron chi connectivity index (χ2n) is 7.21. The smallest absolute Gasteiger partial charge is 0.302 e. The number of carbonyl (C=O) groups is 1. The summed E-state index contributed by atoms with van der Waals surface area (Å²) in [6.45, 7) is 4.10. The molecule has 6 nitrogen and oxygen atoms in total. The van der Waals surface area contributed by atoms with E-state index in [1.54, 1.807) is 18.2 Å². The Hall–Kier alpha value is -2.32. The topological polar surface area (TPSA) is 81.3 Å². The second kappa shape index (κ2) is 8.59. The molecular weight excluding hydrogens is 402 g/mol. The van der Waals surface area contributed by atoms with E-state index in [2.05, 4.69) is 14.9 Å². The van der Waals surface area contributed by atoms with Crippen LogP contribution in [-0.4, -0.2) is 41.4 Å². The van der Waals surface area contributed by atoms with Gasteiger partial charge in [0.1, 0.15) is 5.82 Å². The molecule has 2 N–H and O–H groups in total. The number of hydrogen-bond donors (Lipinski definition) is 1. The number of aryl methyl sites for hydroxylation is 1. The fraction of sp³-hybridized carbons (Fsp3) is 0.450. The van der Waals surface area contributed by atoms with E-state index in [9.17, 15) is 13.6 Å². The number of ether oxygens (including phenoxy) is 1. The van der Waals surface area contributed by atoms with Crippen molar-refractivity contribution in [2.75, 3.05) is 30.4 Å². The summed E-state index contributed by atoms with van der Waals surface area (Å²) in [7, 11) is 0. The van der Waals surface area contributed by atoms with Crippen LogP contribution in [-0.2, 0) is 16.0 Å². The highest BCUT2D eigenvalue weighted by Crippen LogP contribution is 2.34. The molecule has 1 aliphatic heterocycles. The first kappa shape index (κ1) is 21.4. The summed E-state index contributed by atoms with van der Waals surface area (Å²) in [6.07, 6.45) is 0.422. The number of nitrogens with zero attached hydrogens (tertiary/aromatic N) is 3. The summed E-state index contributed by atoms with van der Waals surface area (Å²) in [5.74, 6) is -3.66. The van der Waals surface area contributed by atoms with Gasteiger partial charge in [-0.15, -0.1) is 0 Å². The molecule has 1 aliphatic rings. The van der Waals surface area contributed by atoms with Crippen LogP contribution in [0.5, 0.6) is 0 Å². The number of alkyl halides is 2. The van der Waals surface area contributed by atoms with Crippen LogP contribution >= 0.6 is 11.6 Å². The average molecular weight is 425 g/mol. The molecule has 156 valence electrons. The SMILES string of the molecule is Cc1cc(N2CCCOCC2c2ccc(CC(=O)C(C)(F)F)cc2Cl)nc(N)n1. The Morgan fingerprint density at radius 1 is 1.38 bits per heavy atom. The zero-order valence-corrected chi connectivity index (χ0v) is 17.0. The summed E-state index contributed by atoms with van der Waals surface area (Å²) in [5, 5.41) is 0.383. The summed E-state index contributed by atoms with van der Waals surface area (Å²) in [6, 6.07) is 6.56. The Labute approximate surface area is 173 Å². The Kier molecular flexibility index (Phi) is 6.33. The molecule has 1 aromatic carbocycles. The van der Waals surface area contributed by atoms with Crippen molar-refractivity contribution in [2.45, 2.75) is 38.7 Å². The van der Waals surface area contributed by atoms with Gasteiger partial charge in [-0.2, -0.15) is 13.8 Å². The summed E-state index contributed by atoms with van der Waals surface area (Å²) in [4.78, 5) is 22.2. The molecule has 0 amide bonds. The number of carbonyl (C=O) groups excluding carboxylic acids is 1. The van der Waals surface area contributed by atoms with Gasteiger partial charge in [-0.3, -0.25) is 4.79 Å². The van der Waals surface area contributed by atoms with Crippen LogP contribution in [0.2, 0.25) is 5.02 Å². The first-order valence-corrected chi connectivity index (χ1v) is 9.68. The fourth-order valence-corrected chi connectivity index (χ4v) is 3.65. The van der Waals surface area contributed by atoms with E-state index in [1.807, 2.05) is 13.0 Å². The van der Waals surface area contributed by atoms with Gasteiger partial charge in [0.15, 0.2) is 0 Å². The first-order chi connectivity index (χ1) is 13.6. The van der Waals surface area contributed by atoms with Crippen LogP contribution in [0.4, 0.5) is 20.5 Å². The summed E-state index contributed by atoms with van der Waals surface area (Å²) >= 11 is 6.49. The van der Waals surface area contributed by atoms with Gasteiger partial charge in [0, 0.05) is 43.3 Å². The van der Waals surface area contributed by atoms with Crippen LogP contribution in [0, 0.1) is 6.92 Å². The molecule has 1 fully saturated rings. The van der Waals surface area contributed by atoms with E-state index in [0.717, 1.165) is 17.7 Å². The summed E-state index contributed by atoms with van der Waals surface area (Å²) < 4.78 is 32.1. The number of Topliss-reactive ketones (excluding diaryl/α,β-unsaturated/α-hetero) is 1. The van der Waals surface area contributed by atoms with E-state index in [0.29, 0.717) is 43.1 Å². The standard InChI is InChI=1S/C20H23ClF2N4O2/c1-12-8-18(26-19(24)25-12)27-6-3-7-29-11-16(27)14-5-4-13(9-15(14)21)10-17(28)20(2,22)23/h4-5,8-9,16H,3,6-7,10-11H2,1-2H3,(H2,24,25,26). The molecule has 1 aromatic heterocycles. The largest absolute Gasteiger partial charge is 0.379 e. The number of anilines is 2. The molecule has 1 atom stereocenters. The number of benzene rings is 1. The van der Waals surface area contributed by atoms with Crippen LogP contribution in [0.1, 0.15) is 36.2 Å².